The summed E-state index contributed by atoms with van der Waals surface area (Å²) in [6, 6.07) is 0. The third-order valence-corrected chi connectivity index (χ3v) is 12.8. The minimum Gasteiger partial charge on any atom is -0.393 e. The molecule has 0 radical (unpaired) electrons. The van der Waals surface area contributed by atoms with E-state index in [1.807, 2.05) is 0 Å². The monoisotopic (exact) mass is 600 g/mol. The normalized spacial score (nSPS) is 54.0. The highest BCUT2D eigenvalue weighted by atomic mass is 16.7. The van der Waals surface area contributed by atoms with Gasteiger partial charge in [-0.25, -0.2) is 0 Å². The van der Waals surface area contributed by atoms with Crippen molar-refractivity contribution in [3.05, 3.63) is 0 Å². The largest absolute Gasteiger partial charge is 0.393 e. The predicted octanol–water partition coefficient (Wildman–Crippen LogP) is 0.932. The summed E-state index contributed by atoms with van der Waals surface area (Å²) < 4.78 is 11.0. The van der Waals surface area contributed by atoms with Crippen LogP contribution < -0.4 is 0 Å². The summed E-state index contributed by atoms with van der Waals surface area (Å²) in [5.41, 5.74) is -2.01. The Morgan fingerprint density at radius 1 is 0.810 bits per heavy atom. The molecule has 1 saturated heterocycles. The van der Waals surface area contributed by atoms with Gasteiger partial charge in [-0.05, 0) is 73.0 Å². The Kier molecular flexibility index (Phi) is 9.48. The van der Waals surface area contributed by atoms with Gasteiger partial charge in [0.2, 0.25) is 0 Å². The summed E-state index contributed by atoms with van der Waals surface area (Å²) in [6.45, 7) is 8.88. The molecule has 5 fully saturated rings. The maximum absolute atomic E-state index is 12.5. The van der Waals surface area contributed by atoms with E-state index in [0.29, 0.717) is 31.8 Å². The lowest BCUT2D eigenvalue weighted by molar-refractivity contribution is -0.280. The van der Waals surface area contributed by atoms with Crippen LogP contribution in [0, 0.1) is 46.3 Å². The molecule has 4 saturated carbocycles. The molecule has 1 aliphatic heterocycles. The summed E-state index contributed by atoms with van der Waals surface area (Å²) in [5.74, 6) is -0.234. The van der Waals surface area contributed by atoms with E-state index >= 15 is 0 Å². The van der Waals surface area contributed by atoms with Gasteiger partial charge in [0.1, 0.15) is 18.3 Å². The Morgan fingerprint density at radius 2 is 1.50 bits per heavy atom. The number of fused-ring (bicyclic) bond motifs is 5. The van der Waals surface area contributed by atoms with Crippen LogP contribution in [0.1, 0.15) is 85.5 Å². The summed E-state index contributed by atoms with van der Waals surface area (Å²) in [7, 11) is 0. The lowest BCUT2D eigenvalue weighted by Gasteiger charge is -2.66. The zero-order valence-electron chi connectivity index (χ0n) is 25.8. The molecule has 8 N–H and O–H groups in total. The van der Waals surface area contributed by atoms with Gasteiger partial charge in [0.25, 0.3) is 0 Å². The lowest BCUT2D eigenvalue weighted by Crippen LogP contribution is -2.70. The highest BCUT2D eigenvalue weighted by Gasteiger charge is 2.71. The number of hydrogen-bond donors (Lipinski definition) is 8. The number of aliphatic hydroxyl groups excluding tert-OH is 7. The summed E-state index contributed by atoms with van der Waals surface area (Å²) in [6.07, 6.45) is -1.83. The van der Waals surface area contributed by atoms with E-state index in [0.717, 1.165) is 32.1 Å². The van der Waals surface area contributed by atoms with Crippen LogP contribution in [0.5, 0.6) is 0 Å². The highest BCUT2D eigenvalue weighted by Crippen LogP contribution is 2.69. The Labute approximate surface area is 250 Å². The molecule has 244 valence electrons. The van der Waals surface area contributed by atoms with Gasteiger partial charge in [-0.3, -0.25) is 0 Å². The van der Waals surface area contributed by atoms with Crippen molar-refractivity contribution in [2.75, 3.05) is 13.2 Å². The molecule has 1 heterocycles. The van der Waals surface area contributed by atoms with Crippen molar-refractivity contribution in [3.63, 3.8) is 0 Å². The lowest BCUT2D eigenvalue weighted by atomic mass is 9.41. The minimum absolute atomic E-state index is 0.0818. The molecule has 17 atom stereocenters. The van der Waals surface area contributed by atoms with Crippen LogP contribution in [-0.4, -0.2) is 109 Å². The van der Waals surface area contributed by atoms with Crippen molar-refractivity contribution in [2.45, 2.75) is 140 Å². The van der Waals surface area contributed by atoms with Crippen molar-refractivity contribution in [1.29, 1.82) is 0 Å². The maximum atomic E-state index is 12.5. The van der Waals surface area contributed by atoms with Gasteiger partial charge >= 0.3 is 0 Å². The summed E-state index contributed by atoms with van der Waals surface area (Å²) in [5, 5.41) is 86.1. The molecular formula is C32H56O10. The van der Waals surface area contributed by atoms with Crippen molar-refractivity contribution in [1.82, 2.24) is 0 Å². The fraction of sp³-hybridized carbons (Fsp3) is 1.00. The van der Waals surface area contributed by atoms with Gasteiger partial charge in [0, 0.05) is 18.3 Å². The van der Waals surface area contributed by atoms with Gasteiger partial charge in [0.05, 0.1) is 43.2 Å². The molecule has 0 aromatic heterocycles. The van der Waals surface area contributed by atoms with E-state index in [9.17, 15) is 40.9 Å². The SMILES string of the molecule is C[C@@H](CCC[C@@H](C)[C@H]1C[C@@H](O)[C@@H]2[C@]1(C)CC[C@@H]1[C@@]3(C)CC[C@H](O)[C@H](O)[C@@H]3[C@@H](O)C[C@]12O)CO[C@@H]1OC[C@@H](O)[C@H](O)[C@H]1O. The summed E-state index contributed by atoms with van der Waals surface area (Å²) in [4.78, 5) is 0. The first kappa shape index (κ1) is 33.0. The first-order chi connectivity index (χ1) is 19.6. The Balaban J connectivity index is 1.19. The molecule has 0 spiro atoms. The van der Waals surface area contributed by atoms with E-state index in [4.69, 9.17) is 9.47 Å². The molecule has 10 heteroatoms. The topological polar surface area (TPSA) is 180 Å². The quantitative estimate of drug-likeness (QED) is 0.200. The molecular weight excluding hydrogens is 544 g/mol. The number of rotatable bonds is 8. The Hall–Kier alpha value is -0.400. The first-order valence-electron chi connectivity index (χ1n) is 16.4. The molecule has 10 nitrogen and oxygen atoms in total. The van der Waals surface area contributed by atoms with Crippen molar-refractivity contribution < 1.29 is 50.3 Å². The van der Waals surface area contributed by atoms with E-state index in [1.54, 1.807) is 0 Å². The van der Waals surface area contributed by atoms with Crippen LogP contribution in [0.2, 0.25) is 0 Å². The fourth-order valence-electron chi connectivity index (χ4n) is 10.8. The molecule has 0 aromatic carbocycles. The van der Waals surface area contributed by atoms with Crippen LogP contribution in [0.25, 0.3) is 0 Å². The standard InChI is InChI=1S/C32H56O10/c1-16(14-41-29-27(39)26(38)22(36)15-42-29)6-5-7-17(2)18-12-20(34)28-30(18,3)11-9-23-31(4)10-8-19(33)25(37)24(31)21(35)13-32(23,28)40/h16-29,33-40H,5-15H2,1-4H3/t16-,17+,18+,19-,20+,21-,22+,23+,24-,25-,26-,27+,28+,29+,30+,31+,32-/m0/s1. The fourth-order valence-corrected chi connectivity index (χ4v) is 10.8. The van der Waals surface area contributed by atoms with Crippen molar-refractivity contribution >= 4 is 0 Å². The van der Waals surface area contributed by atoms with Gasteiger partial charge in [-0.2, -0.15) is 0 Å². The average Bonchev–Trinajstić information content (AvgIpc) is 3.20. The van der Waals surface area contributed by atoms with Crippen LogP contribution in [-0.2, 0) is 9.47 Å². The molecule has 0 aromatic rings. The summed E-state index contributed by atoms with van der Waals surface area (Å²) >= 11 is 0. The van der Waals surface area contributed by atoms with Gasteiger partial charge in [-0.1, -0.05) is 40.5 Å². The van der Waals surface area contributed by atoms with E-state index in [-0.39, 0.29) is 42.1 Å². The molecule has 42 heavy (non-hydrogen) atoms. The van der Waals surface area contributed by atoms with Crippen molar-refractivity contribution in [3.8, 4) is 0 Å². The molecule has 0 bridgehead atoms. The maximum Gasteiger partial charge on any atom is 0.186 e. The second kappa shape index (κ2) is 12.1. The molecule has 0 unspecified atom stereocenters. The van der Waals surface area contributed by atoms with E-state index in [1.165, 1.54) is 0 Å². The van der Waals surface area contributed by atoms with Gasteiger partial charge in [0.15, 0.2) is 6.29 Å². The van der Waals surface area contributed by atoms with Crippen LogP contribution in [0.15, 0.2) is 0 Å². The molecule has 0 amide bonds. The average molecular weight is 601 g/mol. The molecule has 5 rings (SSSR count). The second-order valence-electron chi connectivity index (χ2n) is 15.5. The molecule has 4 aliphatic carbocycles. The Bertz CT molecular complexity index is 937. The third kappa shape index (κ3) is 5.39. The van der Waals surface area contributed by atoms with Crippen molar-refractivity contribution in [2.24, 2.45) is 46.3 Å². The van der Waals surface area contributed by atoms with Crippen LogP contribution in [0.4, 0.5) is 0 Å². The highest BCUT2D eigenvalue weighted by molar-refractivity contribution is 5.20. The first-order valence-corrected chi connectivity index (χ1v) is 16.4. The van der Waals surface area contributed by atoms with Crippen LogP contribution in [0.3, 0.4) is 0 Å². The van der Waals surface area contributed by atoms with E-state index in [2.05, 4.69) is 27.7 Å². The van der Waals surface area contributed by atoms with Gasteiger partial charge < -0.3 is 50.3 Å². The number of hydrogen-bond acceptors (Lipinski definition) is 10. The second-order valence-corrected chi connectivity index (χ2v) is 15.5. The zero-order chi connectivity index (χ0) is 30.8. The number of aliphatic hydroxyl groups is 8. The number of ether oxygens (including phenoxy) is 2. The van der Waals surface area contributed by atoms with Gasteiger partial charge in [-0.15, -0.1) is 0 Å². The zero-order valence-corrected chi connectivity index (χ0v) is 25.8. The smallest absolute Gasteiger partial charge is 0.186 e. The van der Waals surface area contributed by atoms with E-state index < -0.39 is 66.0 Å². The van der Waals surface area contributed by atoms with Crippen LogP contribution >= 0.6 is 0 Å². The third-order valence-electron chi connectivity index (χ3n) is 12.8. The predicted molar refractivity (Wildman–Crippen MR) is 153 cm³/mol. The molecule has 5 aliphatic rings. The minimum atomic E-state index is -1.29. The Morgan fingerprint density at radius 3 is 2.21 bits per heavy atom.